The molecule has 0 heterocycles. The van der Waals surface area contributed by atoms with Gasteiger partial charge in [0.2, 0.25) is 0 Å². The highest BCUT2D eigenvalue weighted by molar-refractivity contribution is 5.46. The van der Waals surface area contributed by atoms with Crippen molar-refractivity contribution < 1.29 is 4.74 Å². The number of hydrogen-bond donors (Lipinski definition) is 1. The highest BCUT2D eigenvalue weighted by Gasteiger charge is 1.99. The predicted octanol–water partition coefficient (Wildman–Crippen LogP) is 4.40. The van der Waals surface area contributed by atoms with Crippen LogP contribution in [-0.2, 0) is 0 Å². The van der Waals surface area contributed by atoms with Gasteiger partial charge in [0.1, 0.15) is 5.75 Å². The van der Waals surface area contributed by atoms with Gasteiger partial charge in [-0.15, -0.1) is 0 Å². The molecular weight excluding hydrogens is 260 g/mol. The van der Waals surface area contributed by atoms with Gasteiger partial charge in [0.05, 0.1) is 6.61 Å². The third-order valence-electron chi connectivity index (χ3n) is 3.77. The Labute approximate surface area is 130 Å². The van der Waals surface area contributed by atoms with Crippen molar-refractivity contribution in [3.63, 3.8) is 0 Å². The van der Waals surface area contributed by atoms with Gasteiger partial charge in [-0.3, -0.25) is 0 Å². The molecule has 0 aliphatic heterocycles. The molecule has 1 N–H and O–H groups in total. The van der Waals surface area contributed by atoms with Gasteiger partial charge in [-0.05, 0) is 43.8 Å². The third-order valence-corrected chi connectivity index (χ3v) is 3.77. The molecule has 0 bridgehead atoms. The molecule has 0 fully saturated rings. The van der Waals surface area contributed by atoms with Crippen LogP contribution in [0.15, 0.2) is 24.3 Å². The molecule has 3 heteroatoms. The normalized spacial score (nSPS) is 10.9. The Hall–Kier alpha value is -1.22. The summed E-state index contributed by atoms with van der Waals surface area (Å²) in [4.78, 5) is 2.42. The molecule has 0 saturated carbocycles. The lowest BCUT2D eigenvalue weighted by molar-refractivity contribution is 0.305. The first-order valence-corrected chi connectivity index (χ1v) is 8.49. The summed E-state index contributed by atoms with van der Waals surface area (Å²) >= 11 is 0. The average Bonchev–Trinajstić information content (AvgIpc) is 2.53. The number of unbranched alkanes of at least 4 members (excludes halogenated alkanes) is 3. The second-order valence-corrected chi connectivity index (χ2v) is 5.39. The van der Waals surface area contributed by atoms with Gasteiger partial charge in [-0.2, -0.15) is 0 Å². The first-order valence-electron chi connectivity index (χ1n) is 8.49. The minimum absolute atomic E-state index is 0.828. The molecule has 0 atom stereocenters. The van der Waals surface area contributed by atoms with Crippen molar-refractivity contribution in [3.8, 4) is 5.75 Å². The summed E-state index contributed by atoms with van der Waals surface area (Å²) < 4.78 is 5.75. The molecule has 1 aromatic carbocycles. The van der Waals surface area contributed by atoms with E-state index < -0.39 is 0 Å². The largest absolute Gasteiger partial charge is 0.494 e. The summed E-state index contributed by atoms with van der Waals surface area (Å²) in [7, 11) is 0. The van der Waals surface area contributed by atoms with Crippen molar-refractivity contribution >= 4 is 5.69 Å². The molecule has 21 heavy (non-hydrogen) atoms. The van der Waals surface area contributed by atoms with E-state index >= 15 is 0 Å². The zero-order valence-corrected chi connectivity index (χ0v) is 14.0. The summed E-state index contributed by atoms with van der Waals surface area (Å²) in [6.07, 6.45) is 4.99. The number of likely N-dealkylation sites (N-methyl/N-ethyl adjacent to an activating group) is 1. The molecule has 0 saturated heterocycles. The van der Waals surface area contributed by atoms with Crippen LogP contribution < -0.4 is 10.1 Å². The van der Waals surface area contributed by atoms with Crippen LogP contribution in [0.3, 0.4) is 0 Å². The number of benzene rings is 1. The highest BCUT2D eigenvalue weighted by Crippen LogP contribution is 2.16. The quantitative estimate of drug-likeness (QED) is 0.578. The summed E-state index contributed by atoms with van der Waals surface area (Å²) in [6, 6.07) is 8.31. The molecule has 0 aliphatic rings. The van der Waals surface area contributed by atoms with Gasteiger partial charge >= 0.3 is 0 Å². The predicted molar refractivity (Wildman–Crippen MR) is 92.4 cm³/mol. The van der Waals surface area contributed by atoms with Crippen LogP contribution in [0.5, 0.6) is 5.75 Å². The monoisotopic (exact) mass is 292 g/mol. The molecule has 1 aromatic rings. The van der Waals surface area contributed by atoms with E-state index in [-0.39, 0.29) is 0 Å². The smallest absolute Gasteiger partial charge is 0.119 e. The maximum absolute atomic E-state index is 5.75. The number of hydrogen-bond acceptors (Lipinski definition) is 3. The van der Waals surface area contributed by atoms with Gasteiger partial charge < -0.3 is 15.0 Å². The fraction of sp³-hybridized carbons (Fsp3) is 0.667. The molecule has 3 nitrogen and oxygen atoms in total. The minimum Gasteiger partial charge on any atom is -0.494 e. The van der Waals surface area contributed by atoms with E-state index in [1.54, 1.807) is 0 Å². The first-order chi connectivity index (χ1) is 10.3. The van der Waals surface area contributed by atoms with Crippen LogP contribution in [0.2, 0.25) is 0 Å². The van der Waals surface area contributed by atoms with Crippen LogP contribution in [-0.4, -0.2) is 37.7 Å². The van der Waals surface area contributed by atoms with E-state index in [1.165, 1.54) is 24.9 Å². The molecule has 0 unspecified atom stereocenters. The van der Waals surface area contributed by atoms with Gasteiger partial charge in [0, 0.05) is 18.8 Å². The lowest BCUT2D eigenvalue weighted by Crippen LogP contribution is -2.28. The summed E-state index contributed by atoms with van der Waals surface area (Å²) in [5, 5.41) is 3.46. The van der Waals surface area contributed by atoms with Crippen molar-refractivity contribution in [2.45, 2.75) is 46.5 Å². The van der Waals surface area contributed by atoms with E-state index in [1.807, 2.05) is 0 Å². The topological polar surface area (TPSA) is 24.5 Å². The number of rotatable bonds is 12. The van der Waals surface area contributed by atoms with E-state index in [0.29, 0.717) is 0 Å². The zero-order valence-electron chi connectivity index (χ0n) is 14.0. The molecule has 0 amide bonds. The second-order valence-electron chi connectivity index (χ2n) is 5.39. The van der Waals surface area contributed by atoms with Crippen LogP contribution in [0.1, 0.15) is 46.5 Å². The zero-order chi connectivity index (χ0) is 15.3. The van der Waals surface area contributed by atoms with Gasteiger partial charge in [-0.1, -0.05) is 40.0 Å². The Kier molecular flexibility index (Phi) is 9.71. The van der Waals surface area contributed by atoms with Crippen molar-refractivity contribution in [2.75, 3.05) is 38.1 Å². The number of nitrogens with zero attached hydrogens (tertiary/aromatic N) is 1. The van der Waals surface area contributed by atoms with Crippen LogP contribution >= 0.6 is 0 Å². The van der Waals surface area contributed by atoms with Crippen LogP contribution in [0.4, 0.5) is 5.69 Å². The Morgan fingerprint density at radius 3 is 2.29 bits per heavy atom. The van der Waals surface area contributed by atoms with Gasteiger partial charge in [-0.25, -0.2) is 0 Å². The molecule has 0 aromatic heterocycles. The maximum atomic E-state index is 5.75. The third kappa shape index (κ3) is 7.96. The van der Waals surface area contributed by atoms with E-state index in [2.05, 4.69) is 55.3 Å². The molecule has 120 valence electrons. The molecule has 0 aliphatic carbocycles. The van der Waals surface area contributed by atoms with Gasteiger partial charge in [0.15, 0.2) is 0 Å². The lowest BCUT2D eigenvalue weighted by Gasteiger charge is -2.18. The van der Waals surface area contributed by atoms with Crippen molar-refractivity contribution in [3.05, 3.63) is 24.3 Å². The Morgan fingerprint density at radius 2 is 1.67 bits per heavy atom. The second kappa shape index (κ2) is 11.4. The first kappa shape index (κ1) is 17.8. The fourth-order valence-electron chi connectivity index (χ4n) is 2.29. The standard InChI is InChI=1S/C18H32N2O/c1-4-7-8-9-16-21-18-12-10-17(11-13-18)19-14-15-20(5-2)6-3/h10-13,19H,4-9,14-16H2,1-3H3. The van der Waals surface area contributed by atoms with E-state index in [9.17, 15) is 0 Å². The average molecular weight is 292 g/mol. The van der Waals surface area contributed by atoms with Crippen molar-refractivity contribution in [1.29, 1.82) is 0 Å². The number of anilines is 1. The molecule has 0 spiro atoms. The maximum Gasteiger partial charge on any atom is 0.119 e. The summed E-state index contributed by atoms with van der Waals surface area (Å²) in [6.45, 7) is 11.8. The van der Waals surface area contributed by atoms with Crippen molar-refractivity contribution in [1.82, 2.24) is 4.90 Å². The lowest BCUT2D eigenvalue weighted by atomic mass is 10.2. The molecular formula is C18H32N2O. The van der Waals surface area contributed by atoms with E-state index in [0.717, 1.165) is 45.0 Å². The SMILES string of the molecule is CCCCCCOc1ccc(NCCN(CC)CC)cc1. The van der Waals surface area contributed by atoms with E-state index in [4.69, 9.17) is 4.74 Å². The van der Waals surface area contributed by atoms with Crippen LogP contribution in [0.25, 0.3) is 0 Å². The number of nitrogens with one attached hydrogen (secondary N) is 1. The summed E-state index contributed by atoms with van der Waals surface area (Å²) in [5.74, 6) is 0.973. The molecule has 0 radical (unpaired) electrons. The fourth-order valence-corrected chi connectivity index (χ4v) is 2.29. The molecule has 1 rings (SSSR count). The Balaban J connectivity index is 2.20. The Morgan fingerprint density at radius 1 is 0.952 bits per heavy atom. The Bertz CT molecular complexity index is 347. The summed E-state index contributed by atoms with van der Waals surface area (Å²) in [5.41, 5.74) is 1.17. The number of ether oxygens (including phenoxy) is 1. The van der Waals surface area contributed by atoms with Crippen LogP contribution in [0, 0.1) is 0 Å². The highest BCUT2D eigenvalue weighted by atomic mass is 16.5. The van der Waals surface area contributed by atoms with Gasteiger partial charge in [0.25, 0.3) is 0 Å². The van der Waals surface area contributed by atoms with Crippen molar-refractivity contribution in [2.24, 2.45) is 0 Å². The minimum atomic E-state index is 0.828.